The van der Waals surface area contributed by atoms with Gasteiger partial charge < -0.3 is 0 Å². The SMILES string of the molecule is CC12C3=C(CC(c4cccc(-c5ccc(-c6ccc(-c7nc(-c8ccccc8)nc(-c8ccccc8)n7)cc6)cc5)c4)C3)C(c3ccccc31)c1ccccc12. The monoisotopic (exact) mass is 717 g/mol. The van der Waals surface area contributed by atoms with E-state index in [2.05, 4.69) is 128 Å². The van der Waals surface area contributed by atoms with Crippen LogP contribution < -0.4 is 0 Å². The van der Waals surface area contributed by atoms with Crippen LogP contribution in [0.25, 0.3) is 56.4 Å². The Morgan fingerprint density at radius 1 is 0.411 bits per heavy atom. The van der Waals surface area contributed by atoms with E-state index in [4.69, 9.17) is 15.0 Å². The molecule has 8 aromatic rings. The van der Waals surface area contributed by atoms with Crippen LogP contribution in [0.15, 0.2) is 193 Å². The van der Waals surface area contributed by atoms with Gasteiger partial charge in [0.15, 0.2) is 17.5 Å². The Balaban J connectivity index is 0.851. The molecule has 12 rings (SSSR count). The normalized spacial score (nSPS) is 19.0. The zero-order chi connectivity index (χ0) is 37.2. The molecule has 7 aromatic carbocycles. The summed E-state index contributed by atoms with van der Waals surface area (Å²) in [4.78, 5) is 14.7. The number of nitrogens with zero attached hydrogens (tertiary/aromatic N) is 3. The van der Waals surface area contributed by atoms with Gasteiger partial charge in [0.25, 0.3) is 0 Å². The average Bonchev–Trinajstić information content (AvgIpc) is 3.75. The molecule has 1 atom stereocenters. The molecule has 0 amide bonds. The highest BCUT2D eigenvalue weighted by Gasteiger charge is 2.52. The summed E-state index contributed by atoms with van der Waals surface area (Å²) in [6.07, 6.45) is 2.25. The smallest absolute Gasteiger partial charge is 0.164 e. The summed E-state index contributed by atoms with van der Waals surface area (Å²) in [6, 6.07) is 65.5. The Bertz CT molecular complexity index is 2700. The van der Waals surface area contributed by atoms with E-state index in [-0.39, 0.29) is 5.41 Å². The molecule has 2 bridgehead atoms. The van der Waals surface area contributed by atoms with Crippen LogP contribution in [0, 0.1) is 0 Å². The lowest BCUT2D eigenvalue weighted by Gasteiger charge is -2.49. The number of hydrogen-bond donors (Lipinski definition) is 0. The van der Waals surface area contributed by atoms with Gasteiger partial charge in [0, 0.05) is 28.0 Å². The molecule has 1 aromatic heterocycles. The Kier molecular flexibility index (Phi) is 7.57. The van der Waals surface area contributed by atoms with Crippen molar-refractivity contribution >= 4 is 0 Å². The molecule has 3 heteroatoms. The largest absolute Gasteiger partial charge is 0.208 e. The lowest BCUT2D eigenvalue weighted by molar-refractivity contribution is 0.568. The maximum absolute atomic E-state index is 4.91. The van der Waals surface area contributed by atoms with Crippen molar-refractivity contribution in [3.05, 3.63) is 221 Å². The number of hydrogen-bond acceptors (Lipinski definition) is 3. The van der Waals surface area contributed by atoms with Crippen molar-refractivity contribution in [2.75, 3.05) is 0 Å². The van der Waals surface area contributed by atoms with E-state index in [1.807, 2.05) is 60.7 Å². The highest BCUT2D eigenvalue weighted by Crippen LogP contribution is 2.64. The molecule has 0 radical (unpaired) electrons. The van der Waals surface area contributed by atoms with E-state index in [0.717, 1.165) is 35.1 Å². The Labute approximate surface area is 328 Å². The average molecular weight is 718 g/mol. The van der Waals surface area contributed by atoms with Gasteiger partial charge in [-0.2, -0.15) is 0 Å². The first-order chi connectivity index (χ1) is 27.6. The van der Waals surface area contributed by atoms with Gasteiger partial charge in [-0.05, 0) is 75.8 Å². The minimum Gasteiger partial charge on any atom is -0.208 e. The quantitative estimate of drug-likeness (QED) is 0.161. The third kappa shape index (κ3) is 5.22. The molecule has 0 aliphatic heterocycles. The maximum Gasteiger partial charge on any atom is 0.164 e. The van der Waals surface area contributed by atoms with E-state index in [0.29, 0.717) is 29.3 Å². The third-order valence-corrected chi connectivity index (χ3v) is 12.6. The van der Waals surface area contributed by atoms with Crippen molar-refractivity contribution < 1.29 is 0 Å². The molecule has 3 nitrogen and oxygen atoms in total. The van der Waals surface area contributed by atoms with Crippen LogP contribution in [0.1, 0.15) is 59.4 Å². The van der Waals surface area contributed by atoms with Gasteiger partial charge in [0.2, 0.25) is 0 Å². The Morgan fingerprint density at radius 3 is 1.38 bits per heavy atom. The predicted octanol–water partition coefficient (Wildman–Crippen LogP) is 12.8. The van der Waals surface area contributed by atoms with Crippen LogP contribution in [-0.4, -0.2) is 15.0 Å². The molecule has 0 N–H and O–H groups in total. The first-order valence-electron chi connectivity index (χ1n) is 19.7. The second-order valence-corrected chi connectivity index (χ2v) is 15.7. The third-order valence-electron chi connectivity index (χ3n) is 12.6. The summed E-state index contributed by atoms with van der Waals surface area (Å²) in [5, 5.41) is 0. The lowest BCUT2D eigenvalue weighted by Crippen LogP contribution is -2.39. The van der Waals surface area contributed by atoms with Gasteiger partial charge in [-0.15, -0.1) is 0 Å². The predicted molar refractivity (Wildman–Crippen MR) is 227 cm³/mol. The van der Waals surface area contributed by atoms with E-state index in [9.17, 15) is 0 Å². The molecule has 56 heavy (non-hydrogen) atoms. The van der Waals surface area contributed by atoms with Crippen LogP contribution in [0.5, 0.6) is 0 Å². The summed E-state index contributed by atoms with van der Waals surface area (Å²) in [7, 11) is 0. The Morgan fingerprint density at radius 2 is 0.839 bits per heavy atom. The summed E-state index contributed by atoms with van der Waals surface area (Å²) < 4.78 is 0. The molecule has 1 heterocycles. The Hall–Kier alpha value is -6.71. The van der Waals surface area contributed by atoms with Crippen molar-refractivity contribution in [3.8, 4) is 56.4 Å². The number of rotatable bonds is 6. The maximum atomic E-state index is 4.91. The van der Waals surface area contributed by atoms with Gasteiger partial charge >= 0.3 is 0 Å². The van der Waals surface area contributed by atoms with Crippen LogP contribution in [0.4, 0.5) is 0 Å². The molecule has 0 spiro atoms. The fourth-order valence-electron chi connectivity index (χ4n) is 9.89. The lowest BCUT2D eigenvalue weighted by atomic mass is 9.54. The molecule has 4 aliphatic rings. The van der Waals surface area contributed by atoms with E-state index in [1.54, 1.807) is 11.1 Å². The van der Waals surface area contributed by atoms with Gasteiger partial charge in [0.05, 0.1) is 0 Å². The molecule has 0 fully saturated rings. The minimum atomic E-state index is -0.0564. The zero-order valence-electron chi connectivity index (χ0n) is 31.2. The van der Waals surface area contributed by atoms with Crippen molar-refractivity contribution in [1.82, 2.24) is 15.0 Å². The molecule has 4 aliphatic carbocycles. The van der Waals surface area contributed by atoms with Gasteiger partial charge in [-0.1, -0.05) is 193 Å². The second-order valence-electron chi connectivity index (χ2n) is 15.7. The summed E-state index contributed by atoms with van der Waals surface area (Å²) >= 11 is 0. The van der Waals surface area contributed by atoms with E-state index >= 15 is 0 Å². The molecule has 0 saturated heterocycles. The van der Waals surface area contributed by atoms with E-state index in [1.165, 1.54) is 44.5 Å². The summed E-state index contributed by atoms with van der Waals surface area (Å²) in [5.74, 6) is 2.86. The van der Waals surface area contributed by atoms with Gasteiger partial charge in [-0.25, -0.2) is 15.0 Å². The fraction of sp³-hybridized carbons (Fsp3) is 0.113. The van der Waals surface area contributed by atoms with Crippen LogP contribution >= 0.6 is 0 Å². The van der Waals surface area contributed by atoms with Crippen LogP contribution in [-0.2, 0) is 5.41 Å². The minimum absolute atomic E-state index is 0.0564. The summed E-state index contributed by atoms with van der Waals surface area (Å²) in [5.41, 5.74) is 18.5. The van der Waals surface area contributed by atoms with Crippen LogP contribution in [0.3, 0.4) is 0 Å². The first kappa shape index (κ1) is 32.7. The highest BCUT2D eigenvalue weighted by molar-refractivity contribution is 5.75. The second kappa shape index (κ2) is 13.0. The van der Waals surface area contributed by atoms with E-state index < -0.39 is 0 Å². The number of aromatic nitrogens is 3. The summed E-state index contributed by atoms with van der Waals surface area (Å²) in [6.45, 7) is 2.49. The van der Waals surface area contributed by atoms with Crippen molar-refractivity contribution in [2.24, 2.45) is 0 Å². The van der Waals surface area contributed by atoms with Gasteiger partial charge in [0.1, 0.15) is 0 Å². The topological polar surface area (TPSA) is 38.7 Å². The molecule has 0 saturated carbocycles. The van der Waals surface area contributed by atoms with Crippen molar-refractivity contribution in [2.45, 2.75) is 37.0 Å². The molecule has 1 unspecified atom stereocenters. The molecular formula is C53H39N3. The van der Waals surface area contributed by atoms with Crippen molar-refractivity contribution in [3.63, 3.8) is 0 Å². The molecule has 266 valence electrons. The van der Waals surface area contributed by atoms with Gasteiger partial charge in [-0.3, -0.25) is 0 Å². The highest BCUT2D eigenvalue weighted by atomic mass is 15.0. The first-order valence-corrected chi connectivity index (χ1v) is 19.7. The zero-order valence-corrected chi connectivity index (χ0v) is 31.2. The molecular weight excluding hydrogens is 679 g/mol. The standard InChI is InChI=1S/C53H39N3/c1-53-46-21-10-8-19-43(46)49(44-20-9-11-22-47(44)53)45-32-42(33-48(45)53)41-18-12-17-40(31-41)36-25-23-34(24-26-36)35-27-29-39(30-28-35)52-55-50(37-13-4-2-5-14-37)54-51(56-52)38-15-6-3-7-16-38/h2-31,42,49H,32-33H2,1H3. The van der Waals surface area contributed by atoms with Crippen molar-refractivity contribution in [1.29, 1.82) is 0 Å². The number of benzene rings is 7. The fourth-order valence-corrected chi connectivity index (χ4v) is 9.89. The number of allylic oxidation sites excluding steroid dienone is 2. The van der Waals surface area contributed by atoms with Crippen LogP contribution in [0.2, 0.25) is 0 Å².